The zero-order chi connectivity index (χ0) is 27.4. The highest BCUT2D eigenvalue weighted by atomic mass is 19.2. The Labute approximate surface area is 227 Å². The average Bonchev–Trinajstić information content (AvgIpc) is 3.79. The molecule has 2 aliphatic rings. The van der Waals surface area contributed by atoms with E-state index in [0.29, 0.717) is 38.5 Å². The zero-order valence-corrected chi connectivity index (χ0v) is 22.1. The first kappa shape index (κ1) is 27.0. The molecule has 1 N–H and O–H groups in total. The van der Waals surface area contributed by atoms with E-state index in [0.717, 1.165) is 47.2 Å². The molecule has 0 aromatic heterocycles. The lowest BCUT2D eigenvalue weighted by Gasteiger charge is -2.31. The van der Waals surface area contributed by atoms with Crippen LogP contribution < -0.4 is 10.1 Å². The van der Waals surface area contributed by atoms with Crippen molar-refractivity contribution in [3.8, 4) is 5.75 Å². The van der Waals surface area contributed by atoms with E-state index in [4.69, 9.17) is 4.74 Å². The van der Waals surface area contributed by atoms with E-state index < -0.39 is 23.2 Å². The van der Waals surface area contributed by atoms with Gasteiger partial charge in [0.2, 0.25) is 11.7 Å². The smallest absolute Gasteiger partial charge is 0.231 e. The summed E-state index contributed by atoms with van der Waals surface area (Å²) >= 11 is 0. The molecular formula is C32H33F3N2O2. The highest BCUT2D eigenvalue weighted by molar-refractivity contribution is 5.93. The van der Waals surface area contributed by atoms with Crippen molar-refractivity contribution in [2.24, 2.45) is 5.92 Å². The lowest BCUT2D eigenvalue weighted by molar-refractivity contribution is -0.134. The van der Waals surface area contributed by atoms with Crippen molar-refractivity contribution in [2.75, 3.05) is 19.7 Å². The predicted molar refractivity (Wildman–Crippen MR) is 146 cm³/mol. The topological polar surface area (TPSA) is 41.6 Å². The molecule has 7 heteroatoms. The zero-order valence-electron chi connectivity index (χ0n) is 22.1. The van der Waals surface area contributed by atoms with Crippen LogP contribution in [0.25, 0.3) is 5.57 Å². The Morgan fingerprint density at radius 3 is 2.51 bits per heavy atom. The van der Waals surface area contributed by atoms with Gasteiger partial charge in [0.15, 0.2) is 17.4 Å². The average molecular weight is 535 g/mol. The second kappa shape index (κ2) is 12.1. The fraction of sp³-hybridized carbons (Fsp3) is 0.344. The first-order valence-electron chi connectivity index (χ1n) is 13.5. The molecule has 0 spiro atoms. The quantitative estimate of drug-likeness (QED) is 0.248. The van der Waals surface area contributed by atoms with Gasteiger partial charge in [-0.25, -0.2) is 8.78 Å². The molecule has 39 heavy (non-hydrogen) atoms. The third-order valence-corrected chi connectivity index (χ3v) is 7.34. The maximum Gasteiger partial charge on any atom is 0.231 e. The highest BCUT2D eigenvalue weighted by Crippen LogP contribution is 2.34. The number of carbonyl (C=O) groups excluding carboxylic acids is 1. The molecule has 0 bridgehead atoms. The number of benzene rings is 3. The lowest BCUT2D eigenvalue weighted by Crippen LogP contribution is -2.43. The van der Waals surface area contributed by atoms with E-state index in [1.165, 1.54) is 5.56 Å². The summed E-state index contributed by atoms with van der Waals surface area (Å²) in [5, 5.41) is 3.36. The number of nitrogens with one attached hydrogen (secondary N) is 1. The number of hydrogen-bond acceptors (Lipinski definition) is 3. The standard InChI is InChI=1S/C32H33F3N2O2/c1-21-4-2-5-23(18-21)20-37(25-11-12-25)32(38)27-19-36-16-15-26(27)24-9-7-22(8-10-24)6-3-17-39-31-29(34)14-13-28(33)30(31)35/h2,4-5,7-10,13-15,18,25,27,36H,3,6,11-12,16-17,19-20H2,1H3. The van der Waals surface area contributed by atoms with Gasteiger partial charge in [-0.3, -0.25) is 4.79 Å². The van der Waals surface area contributed by atoms with Crippen LogP contribution in [0.15, 0.2) is 66.7 Å². The Morgan fingerprint density at radius 2 is 1.77 bits per heavy atom. The van der Waals surface area contributed by atoms with Gasteiger partial charge in [0.25, 0.3) is 0 Å². The fourth-order valence-corrected chi connectivity index (χ4v) is 5.14. The summed E-state index contributed by atoms with van der Waals surface area (Å²) in [6, 6.07) is 18.3. The number of halogens is 3. The van der Waals surface area contributed by atoms with Crippen molar-refractivity contribution >= 4 is 11.5 Å². The van der Waals surface area contributed by atoms with Gasteiger partial charge in [-0.2, -0.15) is 4.39 Å². The Hall–Kier alpha value is -3.58. The number of carbonyl (C=O) groups is 1. The summed E-state index contributed by atoms with van der Waals surface area (Å²) in [5.74, 6) is -4.13. The van der Waals surface area contributed by atoms with E-state index in [-0.39, 0.29) is 18.4 Å². The molecule has 3 aromatic carbocycles. The third-order valence-electron chi connectivity index (χ3n) is 7.34. The number of aryl methyl sites for hydroxylation is 2. The van der Waals surface area contributed by atoms with Crippen molar-refractivity contribution in [3.05, 3.63) is 106 Å². The van der Waals surface area contributed by atoms with Crippen molar-refractivity contribution in [2.45, 2.75) is 45.2 Å². The first-order chi connectivity index (χ1) is 18.9. The van der Waals surface area contributed by atoms with Crippen LogP contribution >= 0.6 is 0 Å². The summed E-state index contributed by atoms with van der Waals surface area (Å²) in [6.45, 7) is 4.07. The molecule has 1 aliphatic carbocycles. The summed E-state index contributed by atoms with van der Waals surface area (Å²) < 4.78 is 46.0. The van der Waals surface area contributed by atoms with E-state index in [2.05, 4.69) is 41.4 Å². The molecule has 5 rings (SSSR count). The van der Waals surface area contributed by atoms with E-state index in [1.807, 2.05) is 30.3 Å². The summed E-state index contributed by atoms with van der Waals surface area (Å²) in [4.78, 5) is 15.9. The van der Waals surface area contributed by atoms with Gasteiger partial charge >= 0.3 is 0 Å². The molecule has 1 atom stereocenters. The summed E-state index contributed by atoms with van der Waals surface area (Å²) in [6.07, 6.45) is 5.35. The van der Waals surface area contributed by atoms with Crippen LogP contribution in [0.5, 0.6) is 5.75 Å². The molecule has 1 amide bonds. The SMILES string of the molecule is Cc1cccc(CN(C(=O)C2CNCC=C2c2ccc(CCCOc3c(F)ccc(F)c3F)cc2)C2CC2)c1. The van der Waals surface area contributed by atoms with Crippen molar-refractivity contribution in [3.63, 3.8) is 0 Å². The van der Waals surface area contributed by atoms with Crippen molar-refractivity contribution < 1.29 is 22.7 Å². The maximum atomic E-state index is 13.8. The molecule has 1 aliphatic heterocycles. The lowest BCUT2D eigenvalue weighted by atomic mass is 9.88. The van der Waals surface area contributed by atoms with Crippen LogP contribution in [0, 0.1) is 30.3 Å². The minimum atomic E-state index is -1.31. The van der Waals surface area contributed by atoms with Crippen molar-refractivity contribution in [1.82, 2.24) is 10.2 Å². The third kappa shape index (κ3) is 6.53. The molecule has 204 valence electrons. The van der Waals surface area contributed by atoms with Crippen LogP contribution in [0.3, 0.4) is 0 Å². The summed E-state index contributed by atoms with van der Waals surface area (Å²) in [5.41, 5.74) is 5.45. The van der Waals surface area contributed by atoms with Crippen LogP contribution in [0.1, 0.15) is 41.5 Å². The van der Waals surface area contributed by atoms with Gasteiger partial charge in [-0.05, 0) is 67.0 Å². The molecular weight excluding hydrogens is 501 g/mol. The van der Waals surface area contributed by atoms with Gasteiger partial charge < -0.3 is 15.0 Å². The highest BCUT2D eigenvalue weighted by Gasteiger charge is 2.37. The molecule has 1 saturated carbocycles. The van der Waals surface area contributed by atoms with E-state index in [1.54, 1.807) is 0 Å². The Bertz CT molecular complexity index is 1350. The number of amides is 1. The monoisotopic (exact) mass is 534 g/mol. The van der Waals surface area contributed by atoms with Crippen LogP contribution in [-0.2, 0) is 17.8 Å². The molecule has 0 saturated heterocycles. The number of ether oxygens (including phenoxy) is 1. The van der Waals surface area contributed by atoms with Gasteiger partial charge in [0.1, 0.15) is 0 Å². The second-order valence-corrected chi connectivity index (χ2v) is 10.4. The molecule has 1 fully saturated rings. The minimum absolute atomic E-state index is 0.0599. The van der Waals surface area contributed by atoms with Gasteiger partial charge in [0.05, 0.1) is 12.5 Å². The van der Waals surface area contributed by atoms with Crippen LogP contribution in [0.4, 0.5) is 13.2 Å². The van der Waals surface area contributed by atoms with Crippen LogP contribution in [-0.4, -0.2) is 36.5 Å². The van der Waals surface area contributed by atoms with Gasteiger partial charge in [-0.15, -0.1) is 0 Å². The first-order valence-corrected chi connectivity index (χ1v) is 13.5. The van der Waals surface area contributed by atoms with Crippen molar-refractivity contribution in [1.29, 1.82) is 0 Å². The molecule has 4 nitrogen and oxygen atoms in total. The van der Waals surface area contributed by atoms with Crippen LogP contribution in [0.2, 0.25) is 0 Å². The molecule has 0 radical (unpaired) electrons. The number of hydrogen-bond donors (Lipinski definition) is 1. The molecule has 3 aromatic rings. The number of nitrogens with zero attached hydrogens (tertiary/aromatic N) is 1. The Balaban J connectivity index is 1.21. The second-order valence-electron chi connectivity index (χ2n) is 10.4. The fourth-order valence-electron chi connectivity index (χ4n) is 5.14. The van der Waals surface area contributed by atoms with Gasteiger partial charge in [-0.1, -0.05) is 60.2 Å². The van der Waals surface area contributed by atoms with Gasteiger partial charge in [0, 0.05) is 25.7 Å². The molecule has 1 heterocycles. The number of rotatable bonds is 10. The maximum absolute atomic E-state index is 13.8. The predicted octanol–water partition coefficient (Wildman–Crippen LogP) is 6.22. The Morgan fingerprint density at radius 1 is 1.00 bits per heavy atom. The van der Waals surface area contributed by atoms with E-state index in [9.17, 15) is 18.0 Å². The largest absolute Gasteiger partial charge is 0.488 e. The minimum Gasteiger partial charge on any atom is -0.488 e. The van der Waals surface area contributed by atoms with E-state index >= 15 is 0 Å². The normalized spacial score (nSPS) is 17.0. The molecule has 1 unspecified atom stereocenters. The summed E-state index contributed by atoms with van der Waals surface area (Å²) in [7, 11) is 0. The Kier molecular flexibility index (Phi) is 8.36.